The molecule has 1 fully saturated rings. The fourth-order valence-corrected chi connectivity index (χ4v) is 2.75. The molecule has 20 heavy (non-hydrogen) atoms. The number of hydrogen-bond acceptors (Lipinski definition) is 3. The number of phenolic OH excluding ortho intramolecular Hbond substituents is 1. The number of amides is 1. The van der Waals surface area contributed by atoms with E-state index in [1.165, 1.54) is 0 Å². The van der Waals surface area contributed by atoms with Crippen molar-refractivity contribution in [2.45, 2.75) is 37.9 Å². The van der Waals surface area contributed by atoms with Crippen molar-refractivity contribution in [3.63, 3.8) is 0 Å². The zero-order valence-electron chi connectivity index (χ0n) is 11.4. The number of carbonyl (C=O) groups excluding carboxylic acids is 1. The maximum Gasteiger partial charge on any atom is 0.230 e. The van der Waals surface area contributed by atoms with Crippen LogP contribution in [0.15, 0.2) is 36.4 Å². The summed E-state index contributed by atoms with van der Waals surface area (Å²) in [4.78, 5) is 14.6. The van der Waals surface area contributed by atoms with Gasteiger partial charge < -0.3 is 15.7 Å². The third-order valence-corrected chi connectivity index (χ3v) is 3.97. The normalized spacial score (nSPS) is 24.9. The number of carbonyl (C=O) groups is 1. The van der Waals surface area contributed by atoms with Crippen molar-refractivity contribution in [2.24, 2.45) is 11.7 Å². The van der Waals surface area contributed by atoms with Crippen molar-refractivity contribution in [3.8, 4) is 5.75 Å². The summed E-state index contributed by atoms with van der Waals surface area (Å²) < 4.78 is 0. The third kappa shape index (κ3) is 2.85. The molecule has 2 aliphatic rings. The predicted octanol–water partition coefficient (Wildman–Crippen LogP) is 1.79. The molecule has 1 amide bonds. The smallest absolute Gasteiger partial charge is 0.230 e. The number of rotatable bonds is 4. The van der Waals surface area contributed by atoms with Crippen LogP contribution in [0, 0.1) is 5.92 Å². The Bertz CT molecular complexity index is 537. The van der Waals surface area contributed by atoms with Crippen LogP contribution in [0.4, 0.5) is 0 Å². The summed E-state index contributed by atoms with van der Waals surface area (Å²) in [6.07, 6.45) is 6.72. The molecule has 0 aromatic heterocycles. The first-order valence-corrected chi connectivity index (χ1v) is 7.16. The Morgan fingerprint density at radius 1 is 1.35 bits per heavy atom. The van der Waals surface area contributed by atoms with E-state index in [0.717, 1.165) is 18.4 Å². The van der Waals surface area contributed by atoms with Gasteiger partial charge in [0.05, 0.1) is 5.92 Å². The van der Waals surface area contributed by atoms with E-state index in [1.54, 1.807) is 12.1 Å². The number of nitrogens with two attached hydrogens (primary N) is 1. The lowest BCUT2D eigenvalue weighted by Crippen LogP contribution is -2.37. The van der Waals surface area contributed by atoms with E-state index in [1.807, 2.05) is 29.2 Å². The van der Waals surface area contributed by atoms with Crippen LogP contribution < -0.4 is 5.73 Å². The van der Waals surface area contributed by atoms with E-state index in [0.29, 0.717) is 19.0 Å². The van der Waals surface area contributed by atoms with Gasteiger partial charge in [0.1, 0.15) is 5.75 Å². The van der Waals surface area contributed by atoms with Crippen molar-refractivity contribution in [1.82, 2.24) is 4.90 Å². The van der Waals surface area contributed by atoms with Crippen molar-refractivity contribution in [1.29, 1.82) is 0 Å². The molecule has 106 valence electrons. The molecule has 2 unspecified atom stereocenters. The van der Waals surface area contributed by atoms with E-state index in [9.17, 15) is 9.90 Å². The number of benzene rings is 1. The van der Waals surface area contributed by atoms with Gasteiger partial charge in [-0.3, -0.25) is 4.79 Å². The Morgan fingerprint density at radius 3 is 2.75 bits per heavy atom. The lowest BCUT2D eigenvalue weighted by Gasteiger charge is -2.25. The summed E-state index contributed by atoms with van der Waals surface area (Å²) in [6, 6.07) is 7.48. The molecule has 3 rings (SSSR count). The lowest BCUT2D eigenvalue weighted by molar-refractivity contribution is -0.135. The highest BCUT2D eigenvalue weighted by molar-refractivity contribution is 5.81. The van der Waals surface area contributed by atoms with Gasteiger partial charge in [-0.25, -0.2) is 0 Å². The van der Waals surface area contributed by atoms with Gasteiger partial charge in [-0.1, -0.05) is 24.3 Å². The quantitative estimate of drug-likeness (QED) is 0.821. The molecule has 0 aliphatic heterocycles. The van der Waals surface area contributed by atoms with E-state index in [4.69, 9.17) is 5.73 Å². The molecule has 0 spiro atoms. The maximum atomic E-state index is 12.6. The number of aromatic hydroxyl groups is 1. The Kier molecular flexibility index (Phi) is 3.49. The minimum absolute atomic E-state index is 0.00535. The molecule has 0 heterocycles. The molecule has 2 aliphatic carbocycles. The highest BCUT2D eigenvalue weighted by Gasteiger charge is 2.36. The van der Waals surface area contributed by atoms with E-state index < -0.39 is 0 Å². The van der Waals surface area contributed by atoms with Crippen molar-refractivity contribution in [2.75, 3.05) is 0 Å². The van der Waals surface area contributed by atoms with Crippen molar-refractivity contribution >= 4 is 5.91 Å². The maximum absolute atomic E-state index is 12.6. The monoisotopic (exact) mass is 272 g/mol. The van der Waals surface area contributed by atoms with E-state index >= 15 is 0 Å². The van der Waals surface area contributed by atoms with Crippen LogP contribution in [0.1, 0.15) is 24.8 Å². The third-order valence-electron chi connectivity index (χ3n) is 3.97. The second kappa shape index (κ2) is 5.29. The average Bonchev–Trinajstić information content (AvgIpc) is 3.17. The predicted molar refractivity (Wildman–Crippen MR) is 76.9 cm³/mol. The van der Waals surface area contributed by atoms with Gasteiger partial charge in [0, 0.05) is 18.6 Å². The molecule has 0 bridgehead atoms. The second-order valence-electron chi connectivity index (χ2n) is 5.76. The fourth-order valence-electron chi connectivity index (χ4n) is 2.75. The van der Waals surface area contributed by atoms with Gasteiger partial charge in [-0.2, -0.15) is 0 Å². The van der Waals surface area contributed by atoms with Crippen LogP contribution in [0.25, 0.3) is 0 Å². The molecular formula is C16H20N2O2. The number of phenols is 1. The number of nitrogens with zero attached hydrogens (tertiary/aromatic N) is 1. The van der Waals surface area contributed by atoms with Gasteiger partial charge in [0.25, 0.3) is 0 Å². The summed E-state index contributed by atoms with van der Waals surface area (Å²) in [5, 5.41) is 9.53. The second-order valence-corrected chi connectivity index (χ2v) is 5.76. The van der Waals surface area contributed by atoms with Gasteiger partial charge in [-0.05, 0) is 37.0 Å². The summed E-state index contributed by atoms with van der Waals surface area (Å²) >= 11 is 0. The molecule has 4 nitrogen and oxygen atoms in total. The van der Waals surface area contributed by atoms with Gasteiger partial charge in [0.15, 0.2) is 0 Å². The zero-order valence-corrected chi connectivity index (χ0v) is 11.4. The fraction of sp³-hybridized carbons (Fsp3) is 0.438. The first kappa shape index (κ1) is 13.2. The highest BCUT2D eigenvalue weighted by atomic mass is 16.3. The summed E-state index contributed by atoms with van der Waals surface area (Å²) in [6.45, 7) is 0.567. The molecule has 4 heteroatoms. The van der Waals surface area contributed by atoms with Crippen molar-refractivity contribution < 1.29 is 9.90 Å². The van der Waals surface area contributed by atoms with Crippen LogP contribution in [-0.2, 0) is 11.3 Å². The molecule has 2 atom stereocenters. The Hall–Kier alpha value is -1.81. The zero-order chi connectivity index (χ0) is 14.1. The standard InChI is InChI=1S/C16H20N2O2/c17-13-5-4-12(9-13)16(20)18(14-6-7-14)10-11-2-1-3-15(19)8-11/h1-5,8,12-14,19H,6-7,9-10,17H2. The molecule has 1 aromatic rings. The number of hydrogen-bond donors (Lipinski definition) is 2. The molecule has 3 N–H and O–H groups in total. The molecule has 1 aromatic carbocycles. The highest BCUT2D eigenvalue weighted by Crippen LogP contribution is 2.32. The minimum Gasteiger partial charge on any atom is -0.508 e. The van der Waals surface area contributed by atoms with Crippen LogP contribution in [-0.4, -0.2) is 28.0 Å². The van der Waals surface area contributed by atoms with Gasteiger partial charge in [-0.15, -0.1) is 0 Å². The Balaban J connectivity index is 1.73. The molecular weight excluding hydrogens is 252 g/mol. The topological polar surface area (TPSA) is 66.6 Å². The van der Waals surface area contributed by atoms with Crippen LogP contribution in [0.5, 0.6) is 5.75 Å². The summed E-state index contributed by atoms with van der Waals surface area (Å²) in [5.41, 5.74) is 6.81. The van der Waals surface area contributed by atoms with Gasteiger partial charge >= 0.3 is 0 Å². The van der Waals surface area contributed by atoms with Gasteiger partial charge in [0.2, 0.25) is 5.91 Å². The average molecular weight is 272 g/mol. The van der Waals surface area contributed by atoms with Crippen molar-refractivity contribution in [3.05, 3.63) is 42.0 Å². The largest absolute Gasteiger partial charge is 0.508 e. The molecule has 0 radical (unpaired) electrons. The van der Waals surface area contributed by atoms with Crippen LogP contribution >= 0.6 is 0 Å². The Labute approximate surface area is 118 Å². The minimum atomic E-state index is -0.0806. The molecule has 0 saturated heterocycles. The van der Waals surface area contributed by atoms with E-state index in [-0.39, 0.29) is 23.6 Å². The SMILES string of the molecule is NC1C=CC(C(=O)N(Cc2cccc(O)c2)C2CC2)C1. The summed E-state index contributed by atoms with van der Waals surface area (Å²) in [5.74, 6) is 0.330. The summed E-state index contributed by atoms with van der Waals surface area (Å²) in [7, 11) is 0. The molecule has 1 saturated carbocycles. The first-order chi connectivity index (χ1) is 9.63. The lowest BCUT2D eigenvalue weighted by atomic mass is 10.1. The van der Waals surface area contributed by atoms with Crippen LogP contribution in [0.2, 0.25) is 0 Å². The van der Waals surface area contributed by atoms with Crippen LogP contribution in [0.3, 0.4) is 0 Å². The van der Waals surface area contributed by atoms with E-state index in [2.05, 4.69) is 0 Å². The Morgan fingerprint density at radius 2 is 2.15 bits per heavy atom. The first-order valence-electron chi connectivity index (χ1n) is 7.16.